The fourth-order valence-electron chi connectivity index (χ4n) is 2.65. The number of nitrogens with zero attached hydrogens (tertiary/aromatic N) is 4. The molecule has 3 aromatic rings. The van der Waals surface area contributed by atoms with Gasteiger partial charge in [-0.05, 0) is 43.2 Å². The van der Waals surface area contributed by atoms with E-state index in [2.05, 4.69) is 20.5 Å². The zero-order valence-electron chi connectivity index (χ0n) is 14.0. The summed E-state index contributed by atoms with van der Waals surface area (Å²) >= 11 is 6.31. The maximum atomic E-state index is 12.7. The number of rotatable bonds is 5. The maximum absolute atomic E-state index is 12.7. The SMILES string of the molecule is CCC(NC(=O)c1ccc(-n2cnnc2)cc1Cl)c1ncccc1C. The van der Waals surface area contributed by atoms with E-state index in [-0.39, 0.29) is 11.9 Å². The smallest absolute Gasteiger partial charge is 0.253 e. The zero-order valence-corrected chi connectivity index (χ0v) is 14.7. The molecule has 1 aromatic carbocycles. The highest BCUT2D eigenvalue weighted by atomic mass is 35.5. The Kier molecular flexibility index (Phi) is 5.09. The standard InChI is InChI=1S/C18H18ClN5O/c1-3-16(17-12(2)5-4-8-20-17)23-18(25)14-7-6-13(9-15(14)19)24-10-21-22-11-24/h4-11,16H,3H2,1-2H3,(H,23,25). The largest absolute Gasteiger partial charge is 0.344 e. The lowest BCUT2D eigenvalue weighted by Crippen LogP contribution is -2.29. The zero-order chi connectivity index (χ0) is 17.8. The predicted molar refractivity (Wildman–Crippen MR) is 95.8 cm³/mol. The average molecular weight is 356 g/mol. The van der Waals surface area contributed by atoms with E-state index in [1.807, 2.05) is 26.0 Å². The molecule has 0 saturated carbocycles. The van der Waals surface area contributed by atoms with Gasteiger partial charge in [-0.3, -0.25) is 14.3 Å². The number of benzene rings is 1. The Hall–Kier alpha value is -2.73. The van der Waals surface area contributed by atoms with Gasteiger partial charge >= 0.3 is 0 Å². The van der Waals surface area contributed by atoms with Crippen LogP contribution in [0.3, 0.4) is 0 Å². The summed E-state index contributed by atoms with van der Waals surface area (Å²) in [4.78, 5) is 17.1. The first kappa shape index (κ1) is 17.1. The third-order valence-electron chi connectivity index (χ3n) is 4.01. The van der Waals surface area contributed by atoms with E-state index in [1.54, 1.807) is 41.6 Å². The summed E-state index contributed by atoms with van der Waals surface area (Å²) in [5.74, 6) is -0.225. The van der Waals surface area contributed by atoms with Crippen molar-refractivity contribution in [3.8, 4) is 5.69 Å². The highest BCUT2D eigenvalue weighted by Crippen LogP contribution is 2.23. The van der Waals surface area contributed by atoms with E-state index >= 15 is 0 Å². The molecule has 1 unspecified atom stereocenters. The Morgan fingerprint density at radius 1 is 1.28 bits per heavy atom. The number of aryl methyl sites for hydroxylation is 1. The lowest BCUT2D eigenvalue weighted by molar-refractivity contribution is 0.0935. The maximum Gasteiger partial charge on any atom is 0.253 e. The van der Waals surface area contributed by atoms with E-state index in [0.717, 1.165) is 23.4 Å². The highest BCUT2D eigenvalue weighted by Gasteiger charge is 2.19. The van der Waals surface area contributed by atoms with Crippen LogP contribution in [0.25, 0.3) is 5.69 Å². The first-order valence-corrected chi connectivity index (χ1v) is 8.35. The van der Waals surface area contributed by atoms with Crippen molar-refractivity contribution in [2.75, 3.05) is 0 Å². The molecule has 3 rings (SSSR count). The fraction of sp³-hybridized carbons (Fsp3) is 0.222. The molecule has 2 aromatic heterocycles. The summed E-state index contributed by atoms with van der Waals surface area (Å²) in [5, 5.41) is 10.9. The van der Waals surface area contributed by atoms with Crippen LogP contribution in [0.4, 0.5) is 0 Å². The van der Waals surface area contributed by atoms with Crippen LogP contribution in [0.2, 0.25) is 5.02 Å². The second kappa shape index (κ2) is 7.44. The quantitative estimate of drug-likeness (QED) is 0.760. The Morgan fingerprint density at radius 2 is 2.04 bits per heavy atom. The Bertz CT molecular complexity index is 879. The van der Waals surface area contributed by atoms with Crippen LogP contribution in [0, 0.1) is 6.92 Å². The molecule has 0 bridgehead atoms. The van der Waals surface area contributed by atoms with Crippen LogP contribution >= 0.6 is 11.6 Å². The molecule has 1 N–H and O–H groups in total. The van der Waals surface area contributed by atoms with Crippen molar-refractivity contribution < 1.29 is 4.79 Å². The van der Waals surface area contributed by atoms with Crippen LogP contribution in [0.1, 0.15) is 41.0 Å². The number of hydrogen-bond donors (Lipinski definition) is 1. The van der Waals surface area contributed by atoms with Crippen LogP contribution in [0.15, 0.2) is 49.2 Å². The number of carbonyl (C=O) groups is 1. The third-order valence-corrected chi connectivity index (χ3v) is 4.32. The summed E-state index contributed by atoms with van der Waals surface area (Å²) in [7, 11) is 0. The lowest BCUT2D eigenvalue weighted by atomic mass is 10.0. The molecule has 0 spiro atoms. The Balaban J connectivity index is 1.82. The van der Waals surface area contributed by atoms with Crippen molar-refractivity contribution in [3.05, 3.63) is 71.0 Å². The minimum atomic E-state index is -0.225. The summed E-state index contributed by atoms with van der Waals surface area (Å²) in [5.41, 5.74) is 3.13. The van der Waals surface area contributed by atoms with Crippen molar-refractivity contribution >= 4 is 17.5 Å². The molecule has 2 heterocycles. The number of pyridine rings is 1. The van der Waals surface area contributed by atoms with Gasteiger partial charge in [0.05, 0.1) is 22.3 Å². The van der Waals surface area contributed by atoms with Crippen molar-refractivity contribution in [3.63, 3.8) is 0 Å². The van der Waals surface area contributed by atoms with Gasteiger partial charge in [0.25, 0.3) is 5.91 Å². The number of halogens is 1. The minimum absolute atomic E-state index is 0.165. The molecular weight excluding hydrogens is 338 g/mol. The second-order valence-electron chi connectivity index (χ2n) is 5.67. The molecule has 1 amide bonds. The van der Waals surface area contributed by atoms with Crippen LogP contribution in [-0.4, -0.2) is 25.7 Å². The monoisotopic (exact) mass is 355 g/mol. The van der Waals surface area contributed by atoms with E-state index in [0.29, 0.717) is 10.6 Å². The van der Waals surface area contributed by atoms with Crippen molar-refractivity contribution in [2.45, 2.75) is 26.3 Å². The van der Waals surface area contributed by atoms with E-state index in [4.69, 9.17) is 11.6 Å². The van der Waals surface area contributed by atoms with Gasteiger partial charge in [-0.1, -0.05) is 24.6 Å². The molecular formula is C18H18ClN5O. The number of hydrogen-bond acceptors (Lipinski definition) is 4. The van der Waals surface area contributed by atoms with Gasteiger partial charge in [0.1, 0.15) is 12.7 Å². The number of nitrogens with one attached hydrogen (secondary N) is 1. The fourth-order valence-corrected chi connectivity index (χ4v) is 2.91. The Labute approximate surface area is 150 Å². The van der Waals surface area contributed by atoms with Gasteiger partial charge in [-0.25, -0.2) is 0 Å². The summed E-state index contributed by atoms with van der Waals surface area (Å²) in [6, 6.07) is 8.92. The summed E-state index contributed by atoms with van der Waals surface area (Å²) in [6.07, 6.45) is 5.61. The van der Waals surface area contributed by atoms with E-state index < -0.39 is 0 Å². The van der Waals surface area contributed by atoms with Gasteiger partial charge in [0, 0.05) is 11.9 Å². The minimum Gasteiger partial charge on any atom is -0.344 e. The molecule has 0 aliphatic heterocycles. The Morgan fingerprint density at radius 3 is 2.68 bits per heavy atom. The highest BCUT2D eigenvalue weighted by molar-refractivity contribution is 6.34. The number of carbonyl (C=O) groups excluding carboxylic acids is 1. The van der Waals surface area contributed by atoms with Crippen LogP contribution in [0.5, 0.6) is 0 Å². The summed E-state index contributed by atoms with van der Waals surface area (Å²) < 4.78 is 1.72. The first-order valence-electron chi connectivity index (χ1n) is 7.97. The third kappa shape index (κ3) is 3.69. The number of aromatic nitrogens is 4. The van der Waals surface area contributed by atoms with Crippen LogP contribution in [-0.2, 0) is 0 Å². The van der Waals surface area contributed by atoms with Gasteiger partial charge < -0.3 is 5.32 Å². The molecule has 6 nitrogen and oxygen atoms in total. The van der Waals surface area contributed by atoms with E-state index in [1.165, 1.54) is 0 Å². The van der Waals surface area contributed by atoms with Gasteiger partial charge in [0.15, 0.2) is 0 Å². The van der Waals surface area contributed by atoms with Crippen molar-refractivity contribution in [1.82, 2.24) is 25.1 Å². The molecule has 7 heteroatoms. The van der Waals surface area contributed by atoms with Crippen molar-refractivity contribution in [2.24, 2.45) is 0 Å². The molecule has 25 heavy (non-hydrogen) atoms. The second-order valence-corrected chi connectivity index (χ2v) is 6.08. The first-order chi connectivity index (χ1) is 12.1. The molecule has 128 valence electrons. The van der Waals surface area contributed by atoms with Gasteiger partial charge in [-0.15, -0.1) is 10.2 Å². The van der Waals surface area contributed by atoms with Gasteiger partial charge in [-0.2, -0.15) is 0 Å². The number of amides is 1. The van der Waals surface area contributed by atoms with Crippen LogP contribution < -0.4 is 5.32 Å². The molecule has 0 saturated heterocycles. The van der Waals surface area contributed by atoms with E-state index in [9.17, 15) is 4.79 Å². The van der Waals surface area contributed by atoms with Gasteiger partial charge in [0.2, 0.25) is 0 Å². The predicted octanol–water partition coefficient (Wildman–Crippen LogP) is 3.51. The topological polar surface area (TPSA) is 72.7 Å². The lowest BCUT2D eigenvalue weighted by Gasteiger charge is -2.19. The molecule has 0 radical (unpaired) electrons. The molecule has 0 aliphatic rings. The molecule has 0 aliphatic carbocycles. The molecule has 1 atom stereocenters. The normalized spacial score (nSPS) is 12.0. The molecule has 0 fully saturated rings. The van der Waals surface area contributed by atoms with Crippen molar-refractivity contribution in [1.29, 1.82) is 0 Å². The summed E-state index contributed by atoms with van der Waals surface area (Å²) in [6.45, 7) is 3.99. The average Bonchev–Trinajstić information content (AvgIpc) is 3.14.